The highest BCUT2D eigenvalue weighted by Crippen LogP contribution is 2.39. The maximum absolute atomic E-state index is 12.9. The number of nitrogens with zero attached hydrogens (tertiary/aromatic N) is 1. The van der Waals surface area contributed by atoms with E-state index in [1.54, 1.807) is 25.2 Å². The smallest absolute Gasteiger partial charge is 0.307 e. The van der Waals surface area contributed by atoms with Gasteiger partial charge in [-0.05, 0) is 73.3 Å². The molecule has 0 unspecified atom stereocenters. The van der Waals surface area contributed by atoms with Crippen molar-refractivity contribution in [3.63, 3.8) is 0 Å². The van der Waals surface area contributed by atoms with Crippen molar-refractivity contribution in [2.45, 2.75) is 13.0 Å². The molecule has 0 aliphatic heterocycles. The van der Waals surface area contributed by atoms with Gasteiger partial charge in [-0.25, -0.2) is 0 Å². The quantitative estimate of drug-likeness (QED) is 0.401. The number of benzene rings is 3. The van der Waals surface area contributed by atoms with Crippen molar-refractivity contribution in [3.8, 4) is 17.2 Å². The first kappa shape index (κ1) is 22.8. The summed E-state index contributed by atoms with van der Waals surface area (Å²) < 4.78 is 7.03. The van der Waals surface area contributed by atoms with E-state index in [1.165, 1.54) is 17.0 Å². The molecule has 31 heavy (non-hydrogen) atoms. The van der Waals surface area contributed by atoms with Crippen molar-refractivity contribution in [1.29, 1.82) is 0 Å². The van der Waals surface area contributed by atoms with E-state index >= 15 is 0 Å². The number of phenols is 1. The fraction of sp³-hybridized carbons (Fsp3) is 0.130. The number of amides is 1. The maximum Gasteiger partial charge on any atom is 0.307 e. The van der Waals surface area contributed by atoms with Crippen LogP contribution in [0, 0.1) is 0 Å². The number of phenolic OH excluding ortho intramolecular Hbond substituents is 1. The van der Waals surface area contributed by atoms with Crippen LogP contribution in [0.4, 0.5) is 0 Å². The number of carbonyl (C=O) groups is 2. The van der Waals surface area contributed by atoms with Crippen LogP contribution in [0.25, 0.3) is 0 Å². The van der Waals surface area contributed by atoms with Crippen molar-refractivity contribution in [2.24, 2.45) is 0 Å². The minimum atomic E-state index is -0.936. The van der Waals surface area contributed by atoms with Crippen LogP contribution >= 0.6 is 31.9 Å². The number of hydrogen-bond donors (Lipinski definition) is 2. The molecular weight excluding hydrogens is 530 g/mol. The highest BCUT2D eigenvalue weighted by molar-refractivity contribution is 9.11. The van der Waals surface area contributed by atoms with Gasteiger partial charge in [0.2, 0.25) is 0 Å². The lowest BCUT2D eigenvalue weighted by atomic mass is 10.1. The largest absolute Gasteiger partial charge is 0.507 e. The predicted octanol–water partition coefficient (Wildman–Crippen LogP) is 5.61. The number of carboxylic acids is 1. The average molecular weight is 549 g/mol. The molecule has 0 saturated carbocycles. The van der Waals surface area contributed by atoms with Crippen molar-refractivity contribution < 1.29 is 24.5 Å². The Kier molecular flexibility index (Phi) is 7.35. The van der Waals surface area contributed by atoms with Gasteiger partial charge in [-0.15, -0.1) is 0 Å². The Labute approximate surface area is 196 Å². The van der Waals surface area contributed by atoms with E-state index in [2.05, 4.69) is 31.9 Å². The lowest BCUT2D eigenvalue weighted by Crippen LogP contribution is -2.26. The highest BCUT2D eigenvalue weighted by atomic mass is 79.9. The molecule has 160 valence electrons. The lowest BCUT2D eigenvalue weighted by molar-refractivity contribution is -0.136. The third kappa shape index (κ3) is 5.86. The molecule has 0 bridgehead atoms. The molecule has 8 heteroatoms. The first-order chi connectivity index (χ1) is 14.7. The Morgan fingerprint density at radius 1 is 0.968 bits per heavy atom. The van der Waals surface area contributed by atoms with Crippen molar-refractivity contribution in [3.05, 3.63) is 86.3 Å². The minimum absolute atomic E-state index is 0.116. The van der Waals surface area contributed by atoms with Gasteiger partial charge in [-0.1, -0.05) is 30.3 Å². The molecule has 0 saturated heterocycles. The van der Waals surface area contributed by atoms with E-state index in [0.717, 1.165) is 5.56 Å². The predicted molar refractivity (Wildman–Crippen MR) is 124 cm³/mol. The summed E-state index contributed by atoms with van der Waals surface area (Å²) in [5.74, 6) is -0.653. The van der Waals surface area contributed by atoms with E-state index in [9.17, 15) is 14.7 Å². The molecular formula is C23H19Br2NO5. The van der Waals surface area contributed by atoms with Crippen LogP contribution < -0.4 is 4.74 Å². The van der Waals surface area contributed by atoms with Crippen LogP contribution in [0.2, 0.25) is 0 Å². The summed E-state index contributed by atoms with van der Waals surface area (Å²) in [6, 6.07) is 17.3. The third-order valence-electron chi connectivity index (χ3n) is 4.44. The van der Waals surface area contributed by atoms with Crippen molar-refractivity contribution in [2.75, 3.05) is 7.05 Å². The van der Waals surface area contributed by atoms with E-state index in [0.29, 0.717) is 32.6 Å². The van der Waals surface area contributed by atoms with Crippen molar-refractivity contribution >= 4 is 43.7 Å². The van der Waals surface area contributed by atoms with Crippen LogP contribution in [0.15, 0.2) is 69.6 Å². The van der Waals surface area contributed by atoms with Gasteiger partial charge in [0.1, 0.15) is 11.5 Å². The molecule has 1 amide bonds. The fourth-order valence-electron chi connectivity index (χ4n) is 2.99. The second-order valence-electron chi connectivity index (χ2n) is 6.89. The number of ether oxygens (including phenoxy) is 1. The Morgan fingerprint density at radius 3 is 2.23 bits per heavy atom. The molecule has 0 heterocycles. The molecule has 3 rings (SSSR count). The third-order valence-corrected chi connectivity index (χ3v) is 5.62. The van der Waals surface area contributed by atoms with Crippen LogP contribution in [-0.4, -0.2) is 34.0 Å². The summed E-state index contributed by atoms with van der Waals surface area (Å²) in [7, 11) is 1.66. The summed E-state index contributed by atoms with van der Waals surface area (Å²) >= 11 is 6.79. The molecule has 0 aliphatic carbocycles. The average Bonchev–Trinajstić information content (AvgIpc) is 2.71. The zero-order chi connectivity index (χ0) is 22.5. The van der Waals surface area contributed by atoms with E-state index < -0.39 is 5.97 Å². The number of hydrogen-bond acceptors (Lipinski definition) is 4. The second-order valence-corrected chi connectivity index (χ2v) is 8.60. The van der Waals surface area contributed by atoms with Gasteiger partial charge in [-0.2, -0.15) is 0 Å². The molecule has 0 aromatic heterocycles. The zero-order valence-electron chi connectivity index (χ0n) is 16.5. The second kappa shape index (κ2) is 9.98. The van der Waals surface area contributed by atoms with Crippen LogP contribution in [0.3, 0.4) is 0 Å². The zero-order valence-corrected chi connectivity index (χ0v) is 19.7. The number of halogens is 2. The molecule has 0 fully saturated rings. The van der Waals surface area contributed by atoms with Crippen LogP contribution in [-0.2, 0) is 17.8 Å². The van der Waals surface area contributed by atoms with E-state index in [-0.39, 0.29) is 23.6 Å². The topological polar surface area (TPSA) is 87.1 Å². The van der Waals surface area contributed by atoms with Gasteiger partial charge in [0.15, 0.2) is 5.75 Å². The van der Waals surface area contributed by atoms with Gasteiger partial charge >= 0.3 is 5.97 Å². The molecule has 2 N–H and O–H groups in total. The Morgan fingerprint density at radius 2 is 1.61 bits per heavy atom. The molecule has 0 radical (unpaired) electrons. The van der Waals surface area contributed by atoms with E-state index in [1.807, 2.05) is 30.3 Å². The van der Waals surface area contributed by atoms with Gasteiger partial charge in [0.05, 0.1) is 20.9 Å². The fourth-order valence-corrected chi connectivity index (χ4v) is 4.43. The van der Waals surface area contributed by atoms with Crippen LogP contribution in [0.5, 0.6) is 17.2 Å². The molecule has 3 aromatic rings. The van der Waals surface area contributed by atoms with Gasteiger partial charge < -0.3 is 19.8 Å². The van der Waals surface area contributed by atoms with E-state index in [4.69, 9.17) is 9.84 Å². The van der Waals surface area contributed by atoms with Crippen molar-refractivity contribution in [1.82, 2.24) is 4.90 Å². The van der Waals surface area contributed by atoms with Gasteiger partial charge in [0.25, 0.3) is 5.91 Å². The standard InChI is InChI=1S/C23H19Br2NO5/c1-26(13-14-5-3-2-4-6-14)23(30)17-12-16(7-8-20(17)27)31-22-18(24)9-15(10-19(22)25)11-21(28)29/h2-10,12,27H,11,13H2,1H3,(H,28,29). The number of aromatic hydroxyl groups is 1. The summed E-state index contributed by atoms with van der Waals surface area (Å²) in [6.07, 6.45) is -0.122. The monoisotopic (exact) mass is 547 g/mol. The Bertz CT molecular complexity index is 1100. The van der Waals surface area contributed by atoms with Gasteiger partial charge in [-0.3, -0.25) is 9.59 Å². The summed E-state index contributed by atoms with van der Waals surface area (Å²) in [5, 5.41) is 19.2. The molecule has 0 spiro atoms. The summed E-state index contributed by atoms with van der Waals surface area (Å²) in [4.78, 5) is 25.4. The summed E-state index contributed by atoms with van der Waals surface area (Å²) in [6.45, 7) is 0.395. The Hall–Kier alpha value is -2.84. The minimum Gasteiger partial charge on any atom is -0.507 e. The van der Waals surface area contributed by atoms with Gasteiger partial charge in [0, 0.05) is 13.6 Å². The number of carbonyl (C=O) groups excluding carboxylic acids is 1. The SMILES string of the molecule is CN(Cc1ccccc1)C(=O)c1cc(Oc2c(Br)cc(CC(=O)O)cc2Br)ccc1O. The number of carboxylic acid groups (broad SMARTS) is 1. The molecule has 3 aromatic carbocycles. The lowest BCUT2D eigenvalue weighted by Gasteiger charge is -2.19. The molecule has 6 nitrogen and oxygen atoms in total. The molecule has 0 atom stereocenters. The first-order valence-corrected chi connectivity index (χ1v) is 10.8. The summed E-state index contributed by atoms with van der Waals surface area (Å²) in [5.41, 5.74) is 1.69. The van der Waals surface area contributed by atoms with Crippen LogP contribution in [0.1, 0.15) is 21.5 Å². The normalized spacial score (nSPS) is 10.5. The maximum atomic E-state index is 12.9. The molecule has 0 aliphatic rings. The Balaban J connectivity index is 1.83. The highest BCUT2D eigenvalue weighted by Gasteiger charge is 2.19. The number of aliphatic carboxylic acids is 1. The number of rotatable bonds is 7. The first-order valence-electron chi connectivity index (χ1n) is 9.24.